The Kier molecular flexibility index (Phi) is 4.89. The fourth-order valence-corrected chi connectivity index (χ4v) is 2.08. The zero-order valence-corrected chi connectivity index (χ0v) is 11.3. The molecule has 0 aromatic heterocycles. The summed E-state index contributed by atoms with van der Waals surface area (Å²) in [6, 6.07) is 10.2. The highest BCUT2D eigenvalue weighted by Gasteiger charge is 2.07. The zero-order chi connectivity index (χ0) is 10.6. The van der Waals surface area contributed by atoms with Crippen molar-refractivity contribution in [2.24, 2.45) is 0 Å². The van der Waals surface area contributed by atoms with E-state index in [1.54, 1.807) is 0 Å². The number of benzene rings is 1. The summed E-state index contributed by atoms with van der Waals surface area (Å²) in [5, 5.41) is 2.41. The largest absolute Gasteiger partial charge is 0.342 e. The third kappa shape index (κ3) is 4.42. The summed E-state index contributed by atoms with van der Waals surface area (Å²) in [6.45, 7) is 6.77. The van der Waals surface area contributed by atoms with E-state index >= 15 is 0 Å². The molecule has 0 unspecified atom stereocenters. The van der Waals surface area contributed by atoms with E-state index in [9.17, 15) is 0 Å². The van der Waals surface area contributed by atoms with Crippen molar-refractivity contribution < 1.29 is 5.32 Å². The molecule has 0 saturated carbocycles. The van der Waals surface area contributed by atoms with Gasteiger partial charge in [0.2, 0.25) is 0 Å². The molecular weight excluding hydrogens is 285 g/mol. The van der Waals surface area contributed by atoms with Crippen molar-refractivity contribution in [3.8, 4) is 0 Å². The Hall–Kier alpha value is -0.0900. The zero-order valence-electron chi connectivity index (χ0n) is 9.13. The fraction of sp³-hybridized carbons (Fsp3) is 0.500. The van der Waals surface area contributed by atoms with Crippen molar-refractivity contribution >= 4 is 22.6 Å². The molecule has 1 nitrogen and oxygen atoms in total. The quantitative estimate of drug-likeness (QED) is 0.821. The van der Waals surface area contributed by atoms with Gasteiger partial charge in [0.05, 0.1) is 12.1 Å². The summed E-state index contributed by atoms with van der Waals surface area (Å²) in [6.07, 6.45) is 1.16. The van der Waals surface area contributed by atoms with E-state index in [2.05, 4.69) is 72.9 Å². The number of halogens is 1. The summed E-state index contributed by atoms with van der Waals surface area (Å²) in [5.41, 5.74) is 1.44. The molecule has 0 heterocycles. The molecule has 2 heteroatoms. The van der Waals surface area contributed by atoms with Gasteiger partial charge in [-0.2, -0.15) is 0 Å². The van der Waals surface area contributed by atoms with Crippen LogP contribution in [0.15, 0.2) is 24.3 Å². The van der Waals surface area contributed by atoms with Crippen LogP contribution in [-0.4, -0.2) is 12.1 Å². The van der Waals surface area contributed by atoms with Crippen LogP contribution >= 0.6 is 22.6 Å². The minimum absolute atomic E-state index is 0.676. The number of hydrogen-bond acceptors (Lipinski definition) is 0. The molecule has 0 spiro atoms. The summed E-state index contributed by atoms with van der Waals surface area (Å²) in [7, 11) is 0. The summed E-state index contributed by atoms with van der Waals surface area (Å²) in [4.78, 5) is 0. The normalized spacial score (nSPS) is 13.2. The smallest absolute Gasteiger partial charge is 0.0873 e. The average molecular weight is 304 g/mol. The molecule has 0 bridgehead atoms. The van der Waals surface area contributed by atoms with E-state index < -0.39 is 0 Å². The van der Waals surface area contributed by atoms with Crippen LogP contribution in [0.2, 0.25) is 0 Å². The second-order valence-corrected chi connectivity index (χ2v) is 5.49. The van der Waals surface area contributed by atoms with Gasteiger partial charge in [-0.05, 0) is 61.1 Å². The summed E-state index contributed by atoms with van der Waals surface area (Å²) < 4.78 is 1.31. The second-order valence-electron chi connectivity index (χ2n) is 4.24. The lowest BCUT2D eigenvalue weighted by Gasteiger charge is -2.13. The van der Waals surface area contributed by atoms with Crippen LogP contribution in [0.1, 0.15) is 26.3 Å². The van der Waals surface area contributed by atoms with Crippen LogP contribution in [0.3, 0.4) is 0 Å². The van der Waals surface area contributed by atoms with Gasteiger partial charge in [-0.15, -0.1) is 0 Å². The van der Waals surface area contributed by atoms with Crippen molar-refractivity contribution in [2.75, 3.05) is 0 Å². The second kappa shape index (κ2) is 5.71. The van der Waals surface area contributed by atoms with Gasteiger partial charge >= 0.3 is 0 Å². The minimum atomic E-state index is 0.676. The molecule has 0 fully saturated rings. The first kappa shape index (κ1) is 12.0. The molecule has 2 N–H and O–H groups in total. The first-order chi connectivity index (χ1) is 6.58. The maximum Gasteiger partial charge on any atom is 0.0873 e. The Labute approximate surface area is 100 Å². The van der Waals surface area contributed by atoms with Crippen molar-refractivity contribution in [1.29, 1.82) is 0 Å². The van der Waals surface area contributed by atoms with Crippen LogP contribution in [0.4, 0.5) is 0 Å². The Morgan fingerprint density at radius 2 is 1.71 bits per heavy atom. The molecule has 0 radical (unpaired) electrons. The lowest BCUT2D eigenvalue weighted by atomic mass is 10.1. The maximum absolute atomic E-state index is 2.41. The van der Waals surface area contributed by atoms with Crippen LogP contribution in [0.5, 0.6) is 0 Å². The van der Waals surface area contributed by atoms with Crippen molar-refractivity contribution in [3.63, 3.8) is 0 Å². The highest BCUT2D eigenvalue weighted by molar-refractivity contribution is 14.1. The molecule has 1 atom stereocenters. The standard InChI is InChI=1S/C12H18IN/c1-9(2)14-10(3)8-11-4-6-12(13)7-5-11/h4-7,9-10,14H,8H2,1-3H3/p+1/t10-/m1/s1. The Bertz CT molecular complexity index is 266. The predicted molar refractivity (Wildman–Crippen MR) is 69.4 cm³/mol. The topological polar surface area (TPSA) is 16.6 Å². The summed E-state index contributed by atoms with van der Waals surface area (Å²) >= 11 is 2.34. The van der Waals surface area contributed by atoms with E-state index in [0.29, 0.717) is 12.1 Å². The maximum atomic E-state index is 2.41. The van der Waals surface area contributed by atoms with Gasteiger partial charge in [-0.3, -0.25) is 0 Å². The fourth-order valence-electron chi connectivity index (χ4n) is 1.72. The van der Waals surface area contributed by atoms with Gasteiger partial charge in [-0.25, -0.2) is 0 Å². The van der Waals surface area contributed by atoms with Crippen molar-refractivity contribution in [1.82, 2.24) is 0 Å². The predicted octanol–water partition coefficient (Wildman–Crippen LogP) is 2.19. The highest BCUT2D eigenvalue weighted by atomic mass is 127. The van der Waals surface area contributed by atoms with Crippen LogP contribution < -0.4 is 5.32 Å². The van der Waals surface area contributed by atoms with Gasteiger partial charge in [0, 0.05) is 9.99 Å². The van der Waals surface area contributed by atoms with Gasteiger partial charge in [0.15, 0.2) is 0 Å². The number of hydrogen-bond donors (Lipinski definition) is 1. The van der Waals surface area contributed by atoms with E-state index in [1.807, 2.05) is 0 Å². The molecule has 78 valence electrons. The van der Waals surface area contributed by atoms with E-state index in [0.717, 1.165) is 6.42 Å². The number of nitrogens with two attached hydrogens (primary N) is 1. The van der Waals surface area contributed by atoms with Crippen LogP contribution in [0.25, 0.3) is 0 Å². The average Bonchev–Trinajstić information content (AvgIpc) is 2.07. The number of rotatable bonds is 4. The van der Waals surface area contributed by atoms with E-state index in [1.165, 1.54) is 9.13 Å². The Morgan fingerprint density at radius 3 is 2.21 bits per heavy atom. The van der Waals surface area contributed by atoms with Gasteiger partial charge < -0.3 is 5.32 Å². The highest BCUT2D eigenvalue weighted by Crippen LogP contribution is 2.07. The van der Waals surface area contributed by atoms with Gasteiger partial charge in [-0.1, -0.05) is 12.1 Å². The van der Waals surface area contributed by atoms with Crippen molar-refractivity contribution in [3.05, 3.63) is 33.4 Å². The summed E-state index contributed by atoms with van der Waals surface area (Å²) in [5.74, 6) is 0. The molecule has 0 aliphatic rings. The molecular formula is C12H19IN+. The molecule has 1 aromatic rings. The lowest BCUT2D eigenvalue weighted by Crippen LogP contribution is -2.93. The third-order valence-corrected chi connectivity index (χ3v) is 2.90. The first-order valence-electron chi connectivity index (χ1n) is 5.17. The molecule has 0 saturated heterocycles. The molecule has 14 heavy (non-hydrogen) atoms. The monoisotopic (exact) mass is 304 g/mol. The van der Waals surface area contributed by atoms with Crippen LogP contribution in [-0.2, 0) is 6.42 Å². The molecule has 0 amide bonds. The third-order valence-electron chi connectivity index (χ3n) is 2.18. The van der Waals surface area contributed by atoms with E-state index in [-0.39, 0.29) is 0 Å². The van der Waals surface area contributed by atoms with E-state index in [4.69, 9.17) is 0 Å². The first-order valence-corrected chi connectivity index (χ1v) is 6.25. The number of quaternary nitrogens is 1. The lowest BCUT2D eigenvalue weighted by molar-refractivity contribution is -0.712. The van der Waals surface area contributed by atoms with Crippen molar-refractivity contribution in [2.45, 2.75) is 39.3 Å². The minimum Gasteiger partial charge on any atom is -0.342 e. The Balaban J connectivity index is 2.47. The molecule has 0 aliphatic carbocycles. The molecule has 1 aromatic carbocycles. The SMILES string of the molecule is CC(C)[NH2+][C@H](C)Cc1ccc(I)cc1. The Morgan fingerprint density at radius 1 is 1.14 bits per heavy atom. The van der Waals surface area contributed by atoms with Gasteiger partial charge in [0.25, 0.3) is 0 Å². The van der Waals surface area contributed by atoms with Crippen LogP contribution in [0, 0.1) is 3.57 Å². The van der Waals surface area contributed by atoms with Gasteiger partial charge in [0.1, 0.15) is 0 Å². The molecule has 0 aliphatic heterocycles. The molecule has 1 rings (SSSR count).